The normalized spacial score (nSPS) is 15.4. The number of hydrogen-bond donors (Lipinski definition) is 0. The van der Waals surface area contributed by atoms with Crippen molar-refractivity contribution in [3.8, 4) is 0 Å². The van der Waals surface area contributed by atoms with Gasteiger partial charge in [-0.05, 0) is 19.2 Å². The van der Waals surface area contributed by atoms with Gasteiger partial charge < -0.3 is 9.30 Å². The molecule has 1 aliphatic heterocycles. The van der Waals surface area contributed by atoms with E-state index in [2.05, 4.69) is 47.6 Å². The van der Waals surface area contributed by atoms with Crippen molar-refractivity contribution in [3.63, 3.8) is 0 Å². The number of aromatic nitrogens is 6. The number of imidazole rings is 1. The third-order valence-corrected chi connectivity index (χ3v) is 4.81. The van der Waals surface area contributed by atoms with E-state index in [1.165, 1.54) is 0 Å². The molecule has 0 unspecified atom stereocenters. The summed E-state index contributed by atoms with van der Waals surface area (Å²) >= 11 is 0. The average Bonchev–Trinajstić information content (AvgIpc) is 3.19. The summed E-state index contributed by atoms with van der Waals surface area (Å²) in [5.41, 5.74) is 2.89. The maximum atomic E-state index is 4.68. The third kappa shape index (κ3) is 2.42. The van der Waals surface area contributed by atoms with E-state index in [1.807, 2.05) is 35.0 Å². The molecule has 0 atom stereocenters. The number of fused-ring (bicyclic) bond motifs is 2. The van der Waals surface area contributed by atoms with E-state index in [4.69, 9.17) is 0 Å². The summed E-state index contributed by atoms with van der Waals surface area (Å²) in [6.45, 7) is 2.70. The van der Waals surface area contributed by atoms with Gasteiger partial charge in [-0.25, -0.2) is 9.97 Å². The second-order valence-electron chi connectivity index (χ2n) is 6.48. The van der Waals surface area contributed by atoms with Crippen molar-refractivity contribution >= 4 is 17.1 Å². The molecule has 5 heterocycles. The van der Waals surface area contributed by atoms with Crippen LogP contribution in [0, 0.1) is 0 Å². The predicted molar refractivity (Wildman–Crippen MR) is 93.4 cm³/mol. The monoisotopic (exact) mass is 334 g/mol. The summed E-state index contributed by atoms with van der Waals surface area (Å²) in [5.74, 6) is 0.900. The summed E-state index contributed by atoms with van der Waals surface area (Å²) in [6.07, 6.45) is 9.49. The minimum Gasteiger partial charge on any atom is -0.350 e. The molecule has 4 aromatic heterocycles. The van der Waals surface area contributed by atoms with Crippen molar-refractivity contribution in [2.45, 2.75) is 12.6 Å². The molecule has 1 fully saturated rings. The van der Waals surface area contributed by atoms with Gasteiger partial charge in [-0.3, -0.25) is 9.30 Å². The number of nitrogens with zero attached hydrogens (tertiary/aromatic N) is 8. The first-order valence-electron chi connectivity index (χ1n) is 8.30. The molecule has 0 aliphatic carbocycles. The molecule has 25 heavy (non-hydrogen) atoms. The van der Waals surface area contributed by atoms with Gasteiger partial charge in [0.25, 0.3) is 0 Å². The Morgan fingerprint density at radius 2 is 2.12 bits per heavy atom. The summed E-state index contributed by atoms with van der Waals surface area (Å²) in [7, 11) is 2.15. The van der Waals surface area contributed by atoms with E-state index in [1.54, 1.807) is 12.5 Å². The van der Waals surface area contributed by atoms with Gasteiger partial charge in [-0.1, -0.05) is 6.07 Å². The molecule has 0 spiro atoms. The molecule has 0 aromatic carbocycles. The van der Waals surface area contributed by atoms with E-state index in [0.29, 0.717) is 6.04 Å². The Morgan fingerprint density at radius 3 is 3.00 bits per heavy atom. The largest absolute Gasteiger partial charge is 0.350 e. The fourth-order valence-corrected chi connectivity index (χ4v) is 3.32. The molecule has 5 rings (SSSR count). The minimum atomic E-state index is 0.481. The Kier molecular flexibility index (Phi) is 3.17. The van der Waals surface area contributed by atoms with Gasteiger partial charge in [-0.15, -0.1) is 10.2 Å². The van der Waals surface area contributed by atoms with Crippen molar-refractivity contribution < 1.29 is 0 Å². The summed E-state index contributed by atoms with van der Waals surface area (Å²) in [5, 5.41) is 8.12. The SMILES string of the molecule is CN(Cc1cn2ccccc2n1)C1CN(c2nccn3cnnc23)C1. The summed E-state index contributed by atoms with van der Waals surface area (Å²) < 4.78 is 3.96. The van der Waals surface area contributed by atoms with E-state index < -0.39 is 0 Å². The second-order valence-corrected chi connectivity index (χ2v) is 6.48. The summed E-state index contributed by atoms with van der Waals surface area (Å²) in [6, 6.07) is 6.54. The molecule has 1 saturated heterocycles. The van der Waals surface area contributed by atoms with Gasteiger partial charge in [-0.2, -0.15) is 0 Å². The lowest BCUT2D eigenvalue weighted by Gasteiger charge is -2.44. The fraction of sp³-hybridized carbons (Fsp3) is 0.294. The van der Waals surface area contributed by atoms with Gasteiger partial charge in [0.05, 0.1) is 5.69 Å². The molecular weight excluding hydrogens is 316 g/mol. The van der Waals surface area contributed by atoms with E-state index >= 15 is 0 Å². The summed E-state index contributed by atoms with van der Waals surface area (Å²) in [4.78, 5) is 13.7. The lowest BCUT2D eigenvalue weighted by Crippen LogP contribution is -2.58. The zero-order valence-electron chi connectivity index (χ0n) is 13.9. The highest BCUT2D eigenvalue weighted by atomic mass is 15.4. The lowest BCUT2D eigenvalue weighted by atomic mass is 10.1. The Labute approximate surface area is 144 Å². The standard InChI is InChI=1S/C17H18N8/c1-22(8-13-9-23-6-3-2-4-15(23)20-13)14-10-25(11-14)16-17-21-19-12-24(17)7-5-18-16/h2-7,9,12,14H,8,10-11H2,1H3. The zero-order valence-corrected chi connectivity index (χ0v) is 13.9. The van der Waals surface area contributed by atoms with Crippen LogP contribution in [-0.4, -0.2) is 60.0 Å². The van der Waals surface area contributed by atoms with Gasteiger partial charge in [0.2, 0.25) is 5.65 Å². The van der Waals surface area contributed by atoms with Crippen molar-refractivity contribution in [2.24, 2.45) is 0 Å². The number of anilines is 1. The molecule has 4 aromatic rings. The molecule has 1 aliphatic rings. The van der Waals surface area contributed by atoms with Crippen molar-refractivity contribution in [1.82, 2.24) is 33.9 Å². The quantitative estimate of drug-likeness (QED) is 0.557. The number of rotatable bonds is 4. The van der Waals surface area contributed by atoms with Crippen LogP contribution in [0.3, 0.4) is 0 Å². The number of hydrogen-bond acceptors (Lipinski definition) is 6. The Morgan fingerprint density at radius 1 is 1.20 bits per heavy atom. The maximum Gasteiger partial charge on any atom is 0.203 e. The van der Waals surface area contributed by atoms with Crippen LogP contribution in [0.5, 0.6) is 0 Å². The van der Waals surface area contributed by atoms with Gasteiger partial charge >= 0.3 is 0 Å². The first kappa shape index (κ1) is 14.4. The second kappa shape index (κ2) is 5.52. The molecule has 126 valence electrons. The highest BCUT2D eigenvalue weighted by molar-refractivity contribution is 5.64. The highest BCUT2D eigenvalue weighted by Crippen LogP contribution is 2.24. The molecule has 0 N–H and O–H groups in total. The van der Waals surface area contributed by atoms with Crippen molar-refractivity contribution in [1.29, 1.82) is 0 Å². The maximum absolute atomic E-state index is 4.68. The zero-order chi connectivity index (χ0) is 16.8. The van der Waals surface area contributed by atoms with Crippen LogP contribution in [0.15, 0.2) is 49.3 Å². The van der Waals surface area contributed by atoms with Gasteiger partial charge in [0.1, 0.15) is 12.0 Å². The Bertz CT molecular complexity index is 996. The predicted octanol–water partition coefficient (Wildman–Crippen LogP) is 1.09. The first-order chi connectivity index (χ1) is 12.3. The van der Waals surface area contributed by atoms with Crippen LogP contribution in [-0.2, 0) is 6.54 Å². The van der Waals surface area contributed by atoms with Crippen LogP contribution >= 0.6 is 0 Å². The molecule has 8 heteroatoms. The molecule has 8 nitrogen and oxygen atoms in total. The van der Waals surface area contributed by atoms with Crippen LogP contribution in [0.25, 0.3) is 11.3 Å². The smallest absolute Gasteiger partial charge is 0.203 e. The average molecular weight is 334 g/mol. The van der Waals surface area contributed by atoms with Gasteiger partial charge in [0.15, 0.2) is 5.82 Å². The molecule has 0 saturated carbocycles. The molecule has 0 amide bonds. The topological polar surface area (TPSA) is 66.9 Å². The minimum absolute atomic E-state index is 0.481. The fourth-order valence-electron chi connectivity index (χ4n) is 3.32. The lowest BCUT2D eigenvalue weighted by molar-refractivity contribution is 0.195. The molecule has 0 bridgehead atoms. The third-order valence-electron chi connectivity index (χ3n) is 4.81. The van der Waals surface area contributed by atoms with Crippen LogP contribution < -0.4 is 4.90 Å². The van der Waals surface area contributed by atoms with Crippen molar-refractivity contribution in [2.75, 3.05) is 25.0 Å². The van der Waals surface area contributed by atoms with E-state index in [0.717, 1.165) is 42.4 Å². The highest BCUT2D eigenvalue weighted by Gasteiger charge is 2.32. The molecular formula is C17H18N8. The first-order valence-corrected chi connectivity index (χ1v) is 8.30. The molecule has 0 radical (unpaired) electrons. The van der Waals surface area contributed by atoms with Crippen molar-refractivity contribution in [3.05, 3.63) is 55.0 Å². The van der Waals surface area contributed by atoms with Gasteiger partial charge in [0, 0.05) is 50.5 Å². The van der Waals surface area contributed by atoms with E-state index in [9.17, 15) is 0 Å². The van der Waals surface area contributed by atoms with Crippen LogP contribution in [0.4, 0.5) is 5.82 Å². The van der Waals surface area contributed by atoms with Crippen LogP contribution in [0.1, 0.15) is 5.69 Å². The Balaban J connectivity index is 1.27. The Hall–Kier alpha value is -3.00. The number of likely N-dealkylation sites (N-methyl/N-ethyl adjacent to an activating group) is 1. The van der Waals surface area contributed by atoms with E-state index in [-0.39, 0.29) is 0 Å². The number of pyridine rings is 1. The van der Waals surface area contributed by atoms with Crippen LogP contribution in [0.2, 0.25) is 0 Å².